The summed E-state index contributed by atoms with van der Waals surface area (Å²) in [6, 6.07) is 6.63. The number of para-hydroxylation sites is 1. The lowest BCUT2D eigenvalue weighted by Gasteiger charge is -2.26. The predicted molar refractivity (Wildman–Crippen MR) is 63.0 cm³/mol. The summed E-state index contributed by atoms with van der Waals surface area (Å²) in [5.74, 6) is 1.59. The van der Waals surface area contributed by atoms with Crippen LogP contribution in [0.5, 0.6) is 5.75 Å². The number of rotatable bonds is 3. The minimum absolute atomic E-state index is 0.258. The third-order valence-electron chi connectivity index (χ3n) is 3.45. The van der Waals surface area contributed by atoms with Gasteiger partial charge in [0.05, 0.1) is 6.61 Å². The first-order chi connectivity index (χ1) is 7.75. The molecule has 0 N–H and O–H groups in total. The first-order valence-electron chi connectivity index (χ1n) is 6.13. The van der Waals surface area contributed by atoms with Gasteiger partial charge < -0.3 is 4.74 Å². The monoisotopic (exact) mass is 222 g/mol. The number of ether oxygens (including phenoxy) is 1. The molecule has 0 bridgehead atoms. The Hall–Kier alpha value is -1.05. The molecule has 1 saturated carbocycles. The van der Waals surface area contributed by atoms with E-state index in [0.29, 0.717) is 18.3 Å². The van der Waals surface area contributed by atoms with Gasteiger partial charge in [-0.2, -0.15) is 0 Å². The molecule has 88 valence electrons. The number of hydrogen-bond acceptors (Lipinski definition) is 1. The van der Waals surface area contributed by atoms with Crippen molar-refractivity contribution in [1.29, 1.82) is 0 Å². The van der Waals surface area contributed by atoms with Crippen LogP contribution in [-0.2, 0) is 0 Å². The maximum atomic E-state index is 13.3. The van der Waals surface area contributed by atoms with Crippen LogP contribution in [0.25, 0.3) is 0 Å². The van der Waals surface area contributed by atoms with Crippen LogP contribution < -0.4 is 4.74 Å². The number of halogens is 1. The molecule has 0 spiro atoms. The molecular formula is C14H19FO. The van der Waals surface area contributed by atoms with Gasteiger partial charge in [-0.25, -0.2) is 4.39 Å². The summed E-state index contributed by atoms with van der Waals surface area (Å²) < 4.78 is 18.8. The van der Waals surface area contributed by atoms with Crippen molar-refractivity contribution in [3.63, 3.8) is 0 Å². The van der Waals surface area contributed by atoms with Crippen LogP contribution in [0.1, 0.15) is 32.6 Å². The van der Waals surface area contributed by atoms with E-state index in [-0.39, 0.29) is 5.82 Å². The first kappa shape index (κ1) is 11.4. The van der Waals surface area contributed by atoms with Crippen molar-refractivity contribution >= 4 is 0 Å². The maximum Gasteiger partial charge on any atom is 0.165 e. The molecule has 0 unspecified atom stereocenters. The Balaban J connectivity index is 1.81. The van der Waals surface area contributed by atoms with Crippen molar-refractivity contribution in [3.8, 4) is 5.75 Å². The molecule has 0 heterocycles. The number of benzene rings is 1. The molecule has 0 amide bonds. The standard InChI is InChI=1S/C14H19FO/c1-11-6-8-12(9-7-11)10-16-14-5-3-2-4-13(14)15/h2-5,11-12H,6-10H2,1H3. The second-order valence-corrected chi connectivity index (χ2v) is 4.87. The van der Waals surface area contributed by atoms with E-state index in [1.165, 1.54) is 31.7 Å². The molecule has 1 aromatic carbocycles. The fraction of sp³-hybridized carbons (Fsp3) is 0.571. The van der Waals surface area contributed by atoms with Gasteiger partial charge in [-0.05, 0) is 36.8 Å². The normalized spacial score (nSPS) is 25.4. The topological polar surface area (TPSA) is 9.23 Å². The zero-order valence-electron chi connectivity index (χ0n) is 9.79. The number of hydrogen-bond donors (Lipinski definition) is 0. The predicted octanol–water partition coefficient (Wildman–Crippen LogP) is 4.03. The highest BCUT2D eigenvalue weighted by Crippen LogP contribution is 2.29. The zero-order chi connectivity index (χ0) is 11.4. The van der Waals surface area contributed by atoms with Gasteiger partial charge in [-0.15, -0.1) is 0 Å². The average Bonchev–Trinajstić information content (AvgIpc) is 2.30. The summed E-state index contributed by atoms with van der Waals surface area (Å²) in [6.07, 6.45) is 5.00. The molecule has 1 fully saturated rings. The SMILES string of the molecule is CC1CCC(COc2ccccc2F)CC1. The van der Waals surface area contributed by atoms with Crippen LogP contribution in [0.15, 0.2) is 24.3 Å². The fourth-order valence-corrected chi connectivity index (χ4v) is 2.27. The van der Waals surface area contributed by atoms with Crippen molar-refractivity contribution in [1.82, 2.24) is 0 Å². The Labute approximate surface area is 96.6 Å². The molecule has 0 radical (unpaired) electrons. The van der Waals surface area contributed by atoms with Crippen molar-refractivity contribution in [2.75, 3.05) is 6.61 Å². The van der Waals surface area contributed by atoms with Crippen molar-refractivity contribution in [3.05, 3.63) is 30.1 Å². The van der Waals surface area contributed by atoms with E-state index < -0.39 is 0 Å². The van der Waals surface area contributed by atoms with E-state index in [9.17, 15) is 4.39 Å². The first-order valence-corrected chi connectivity index (χ1v) is 6.13. The van der Waals surface area contributed by atoms with E-state index >= 15 is 0 Å². The largest absolute Gasteiger partial charge is 0.490 e. The zero-order valence-corrected chi connectivity index (χ0v) is 9.79. The van der Waals surface area contributed by atoms with E-state index in [0.717, 1.165) is 5.92 Å². The molecule has 0 aromatic heterocycles. The van der Waals surface area contributed by atoms with Gasteiger partial charge in [0.1, 0.15) is 0 Å². The van der Waals surface area contributed by atoms with Crippen molar-refractivity contribution in [2.24, 2.45) is 11.8 Å². The Morgan fingerprint density at radius 1 is 1.19 bits per heavy atom. The summed E-state index contributed by atoms with van der Waals surface area (Å²) >= 11 is 0. The second-order valence-electron chi connectivity index (χ2n) is 4.87. The summed E-state index contributed by atoms with van der Waals surface area (Å²) in [4.78, 5) is 0. The summed E-state index contributed by atoms with van der Waals surface area (Å²) in [7, 11) is 0. The smallest absolute Gasteiger partial charge is 0.165 e. The van der Waals surface area contributed by atoms with Crippen molar-refractivity contribution < 1.29 is 9.13 Å². The quantitative estimate of drug-likeness (QED) is 0.750. The van der Waals surface area contributed by atoms with Gasteiger partial charge in [0.25, 0.3) is 0 Å². The third-order valence-corrected chi connectivity index (χ3v) is 3.45. The third kappa shape index (κ3) is 2.97. The highest BCUT2D eigenvalue weighted by atomic mass is 19.1. The Kier molecular flexibility index (Phi) is 3.81. The van der Waals surface area contributed by atoms with Crippen LogP contribution in [0.4, 0.5) is 4.39 Å². The molecular weight excluding hydrogens is 203 g/mol. The van der Waals surface area contributed by atoms with Gasteiger partial charge in [0.15, 0.2) is 11.6 Å². The summed E-state index contributed by atoms with van der Waals surface area (Å²) in [5.41, 5.74) is 0. The average molecular weight is 222 g/mol. The van der Waals surface area contributed by atoms with Gasteiger partial charge in [0, 0.05) is 0 Å². The molecule has 1 aliphatic carbocycles. The summed E-state index contributed by atoms with van der Waals surface area (Å²) in [6.45, 7) is 2.96. The molecule has 1 aromatic rings. The van der Waals surface area contributed by atoms with E-state index in [2.05, 4.69) is 6.92 Å². The fourth-order valence-electron chi connectivity index (χ4n) is 2.27. The highest BCUT2D eigenvalue weighted by molar-refractivity contribution is 5.23. The van der Waals surface area contributed by atoms with Gasteiger partial charge in [-0.3, -0.25) is 0 Å². The molecule has 0 atom stereocenters. The van der Waals surface area contributed by atoms with Crippen LogP contribution in [-0.4, -0.2) is 6.61 Å². The van der Waals surface area contributed by atoms with Crippen LogP contribution in [0.2, 0.25) is 0 Å². The Bertz CT molecular complexity index is 329. The molecule has 1 nitrogen and oxygen atoms in total. The molecule has 2 heteroatoms. The highest BCUT2D eigenvalue weighted by Gasteiger charge is 2.18. The van der Waals surface area contributed by atoms with E-state index in [1.54, 1.807) is 18.2 Å². The molecule has 16 heavy (non-hydrogen) atoms. The lowest BCUT2D eigenvalue weighted by Crippen LogP contribution is -2.19. The second kappa shape index (κ2) is 5.33. The lowest BCUT2D eigenvalue weighted by atomic mass is 9.83. The minimum atomic E-state index is -0.258. The minimum Gasteiger partial charge on any atom is -0.490 e. The van der Waals surface area contributed by atoms with Crippen LogP contribution >= 0.6 is 0 Å². The van der Waals surface area contributed by atoms with Crippen LogP contribution in [0, 0.1) is 17.7 Å². The van der Waals surface area contributed by atoms with Crippen molar-refractivity contribution in [2.45, 2.75) is 32.6 Å². The molecule has 1 aliphatic rings. The van der Waals surface area contributed by atoms with E-state index in [4.69, 9.17) is 4.74 Å². The van der Waals surface area contributed by atoms with Crippen LogP contribution in [0.3, 0.4) is 0 Å². The Morgan fingerprint density at radius 2 is 1.88 bits per heavy atom. The van der Waals surface area contributed by atoms with E-state index in [1.807, 2.05) is 0 Å². The molecule has 0 saturated heterocycles. The lowest BCUT2D eigenvalue weighted by molar-refractivity contribution is 0.183. The maximum absolute atomic E-state index is 13.3. The van der Waals surface area contributed by atoms with Gasteiger partial charge >= 0.3 is 0 Å². The molecule has 2 rings (SSSR count). The molecule has 0 aliphatic heterocycles. The van der Waals surface area contributed by atoms with Gasteiger partial charge in [-0.1, -0.05) is 31.9 Å². The summed E-state index contributed by atoms with van der Waals surface area (Å²) in [5, 5.41) is 0. The van der Waals surface area contributed by atoms with Gasteiger partial charge in [0.2, 0.25) is 0 Å². The Morgan fingerprint density at radius 3 is 2.56 bits per heavy atom.